The highest BCUT2D eigenvalue weighted by Gasteiger charge is 2.45. The van der Waals surface area contributed by atoms with E-state index in [1.807, 2.05) is 30.3 Å². The molecule has 0 aliphatic carbocycles. The van der Waals surface area contributed by atoms with E-state index in [-0.39, 0.29) is 12.3 Å². The zero-order chi connectivity index (χ0) is 14.9. The molecule has 2 heterocycles. The summed E-state index contributed by atoms with van der Waals surface area (Å²) in [4.78, 5) is 15.9. The number of carbonyl (C=O) groups is 1. The summed E-state index contributed by atoms with van der Waals surface area (Å²) >= 11 is 0. The van der Waals surface area contributed by atoms with Gasteiger partial charge in [-0.05, 0) is 11.6 Å². The Labute approximate surface area is 122 Å². The van der Waals surface area contributed by atoms with Gasteiger partial charge in [0.1, 0.15) is 0 Å². The molecule has 1 atom stereocenters. The van der Waals surface area contributed by atoms with Crippen LogP contribution in [0.15, 0.2) is 60.0 Å². The molecule has 0 saturated heterocycles. The highest BCUT2D eigenvalue weighted by atomic mass is 16.3. The zero-order valence-electron chi connectivity index (χ0n) is 11.6. The van der Waals surface area contributed by atoms with Crippen LogP contribution in [0.1, 0.15) is 24.5 Å². The molecule has 1 amide bonds. The van der Waals surface area contributed by atoms with Crippen LogP contribution in [0.5, 0.6) is 0 Å². The van der Waals surface area contributed by atoms with Crippen molar-refractivity contribution in [1.82, 2.24) is 9.99 Å². The first-order valence-electron chi connectivity index (χ1n) is 6.68. The van der Waals surface area contributed by atoms with Crippen LogP contribution in [-0.4, -0.2) is 26.7 Å². The van der Waals surface area contributed by atoms with E-state index in [1.165, 1.54) is 6.92 Å². The van der Waals surface area contributed by atoms with Gasteiger partial charge in [0.2, 0.25) is 5.91 Å². The molecule has 1 aromatic carbocycles. The minimum atomic E-state index is -1.48. The molecular weight excluding hydrogens is 266 g/mol. The van der Waals surface area contributed by atoms with Gasteiger partial charge in [-0.1, -0.05) is 36.4 Å². The maximum atomic E-state index is 11.9. The van der Waals surface area contributed by atoms with Crippen molar-refractivity contribution in [2.75, 3.05) is 0 Å². The molecule has 0 bridgehead atoms. The predicted octanol–water partition coefficient (Wildman–Crippen LogP) is 1.88. The highest BCUT2D eigenvalue weighted by molar-refractivity contribution is 6.03. The molecule has 3 rings (SSSR count). The molecule has 0 spiro atoms. The third-order valence-electron chi connectivity index (χ3n) is 3.51. The summed E-state index contributed by atoms with van der Waals surface area (Å²) < 4.78 is 0. The van der Waals surface area contributed by atoms with Crippen LogP contribution < -0.4 is 0 Å². The Kier molecular flexibility index (Phi) is 3.27. The second-order valence-electron chi connectivity index (χ2n) is 4.98. The number of pyridine rings is 1. The van der Waals surface area contributed by atoms with E-state index in [0.717, 1.165) is 10.6 Å². The fourth-order valence-corrected chi connectivity index (χ4v) is 2.49. The monoisotopic (exact) mass is 281 g/mol. The van der Waals surface area contributed by atoms with Crippen molar-refractivity contribution in [3.05, 3.63) is 66.0 Å². The molecule has 2 aromatic rings. The number of hydrogen-bond donors (Lipinski definition) is 1. The maximum absolute atomic E-state index is 11.9. The molecule has 0 saturated carbocycles. The second kappa shape index (κ2) is 5.10. The number of amides is 1. The van der Waals surface area contributed by atoms with E-state index < -0.39 is 5.72 Å². The Morgan fingerprint density at radius 2 is 2.00 bits per heavy atom. The van der Waals surface area contributed by atoms with Gasteiger partial charge in [-0.2, -0.15) is 10.1 Å². The van der Waals surface area contributed by atoms with E-state index in [2.05, 4.69) is 10.1 Å². The predicted molar refractivity (Wildman–Crippen MR) is 78.2 cm³/mol. The average molecular weight is 281 g/mol. The lowest BCUT2D eigenvalue weighted by Crippen LogP contribution is -2.42. The standard InChI is InChI=1S/C16H15N3O2/c1-12(20)19-16(21,14-8-5-9-17-11-14)10-15(18-19)13-6-3-2-4-7-13/h2-9,11,21H,10H2,1H3. The fraction of sp³-hybridized carbons (Fsp3) is 0.188. The summed E-state index contributed by atoms with van der Waals surface area (Å²) in [5.74, 6) is -0.313. The number of nitrogens with zero attached hydrogens (tertiary/aromatic N) is 3. The van der Waals surface area contributed by atoms with Gasteiger partial charge >= 0.3 is 0 Å². The molecule has 5 heteroatoms. The van der Waals surface area contributed by atoms with Crippen molar-refractivity contribution in [3.63, 3.8) is 0 Å². The quantitative estimate of drug-likeness (QED) is 0.914. The van der Waals surface area contributed by atoms with Crippen molar-refractivity contribution >= 4 is 11.6 Å². The Morgan fingerprint density at radius 3 is 2.62 bits per heavy atom. The van der Waals surface area contributed by atoms with E-state index in [9.17, 15) is 9.90 Å². The van der Waals surface area contributed by atoms with E-state index in [0.29, 0.717) is 11.3 Å². The van der Waals surface area contributed by atoms with Crippen LogP contribution in [0.2, 0.25) is 0 Å². The first-order chi connectivity index (χ1) is 10.1. The first kappa shape index (κ1) is 13.5. The smallest absolute Gasteiger partial charge is 0.242 e. The maximum Gasteiger partial charge on any atom is 0.242 e. The summed E-state index contributed by atoms with van der Waals surface area (Å²) in [6.07, 6.45) is 3.42. The Bertz CT molecular complexity index is 685. The van der Waals surface area contributed by atoms with Crippen LogP contribution in [0, 0.1) is 0 Å². The molecule has 21 heavy (non-hydrogen) atoms. The number of hydrazone groups is 1. The number of carbonyl (C=O) groups excluding carboxylic acids is 1. The van der Waals surface area contributed by atoms with Gasteiger partial charge in [0.25, 0.3) is 0 Å². The fourth-order valence-electron chi connectivity index (χ4n) is 2.49. The number of aromatic nitrogens is 1. The van der Waals surface area contributed by atoms with Crippen molar-refractivity contribution in [2.45, 2.75) is 19.1 Å². The molecular formula is C16H15N3O2. The lowest BCUT2D eigenvalue weighted by Gasteiger charge is -2.30. The molecule has 1 aliphatic heterocycles. The molecule has 5 nitrogen and oxygen atoms in total. The van der Waals surface area contributed by atoms with Gasteiger partial charge in [0.15, 0.2) is 5.72 Å². The molecule has 0 fully saturated rings. The van der Waals surface area contributed by atoms with Crippen LogP contribution in [0.25, 0.3) is 0 Å². The molecule has 1 aromatic heterocycles. The summed E-state index contributed by atoms with van der Waals surface area (Å²) in [6.45, 7) is 1.39. The lowest BCUT2D eigenvalue weighted by molar-refractivity contribution is -0.155. The van der Waals surface area contributed by atoms with Gasteiger partial charge in [0, 0.05) is 31.3 Å². The summed E-state index contributed by atoms with van der Waals surface area (Å²) in [5, 5.41) is 16.4. The molecule has 1 N–H and O–H groups in total. The Hall–Kier alpha value is -2.53. The summed E-state index contributed by atoms with van der Waals surface area (Å²) in [7, 11) is 0. The average Bonchev–Trinajstić information content (AvgIpc) is 2.89. The van der Waals surface area contributed by atoms with Crippen molar-refractivity contribution in [3.8, 4) is 0 Å². The van der Waals surface area contributed by atoms with Crippen molar-refractivity contribution in [2.24, 2.45) is 5.10 Å². The largest absolute Gasteiger partial charge is 0.365 e. The second-order valence-corrected chi connectivity index (χ2v) is 4.98. The zero-order valence-corrected chi connectivity index (χ0v) is 11.6. The lowest BCUT2D eigenvalue weighted by atomic mass is 9.96. The first-order valence-corrected chi connectivity index (χ1v) is 6.68. The number of hydrogen-bond acceptors (Lipinski definition) is 4. The van der Waals surface area contributed by atoms with Gasteiger partial charge in [0.05, 0.1) is 5.71 Å². The van der Waals surface area contributed by atoms with Gasteiger partial charge in [-0.25, -0.2) is 0 Å². The van der Waals surface area contributed by atoms with Crippen molar-refractivity contribution in [1.29, 1.82) is 0 Å². The summed E-state index contributed by atoms with van der Waals surface area (Å²) in [6, 6.07) is 13.0. The minimum absolute atomic E-state index is 0.238. The van der Waals surface area contributed by atoms with Crippen LogP contribution in [-0.2, 0) is 10.5 Å². The molecule has 106 valence electrons. The van der Waals surface area contributed by atoms with Crippen LogP contribution in [0.4, 0.5) is 0 Å². The SMILES string of the molecule is CC(=O)N1N=C(c2ccccc2)CC1(O)c1cccnc1. The van der Waals surface area contributed by atoms with E-state index in [4.69, 9.17) is 0 Å². The number of aliphatic hydroxyl groups is 1. The van der Waals surface area contributed by atoms with Gasteiger partial charge in [-0.3, -0.25) is 9.78 Å². The third-order valence-corrected chi connectivity index (χ3v) is 3.51. The summed E-state index contributed by atoms with van der Waals surface area (Å²) in [5.41, 5.74) is 0.640. The van der Waals surface area contributed by atoms with Crippen LogP contribution >= 0.6 is 0 Å². The number of rotatable bonds is 2. The number of benzene rings is 1. The topological polar surface area (TPSA) is 65.8 Å². The third kappa shape index (κ3) is 2.32. The van der Waals surface area contributed by atoms with Gasteiger partial charge in [-0.15, -0.1) is 0 Å². The minimum Gasteiger partial charge on any atom is -0.365 e. The normalized spacial score (nSPS) is 21.2. The Morgan fingerprint density at radius 1 is 1.24 bits per heavy atom. The Balaban J connectivity index is 2.03. The molecule has 0 radical (unpaired) electrons. The highest BCUT2D eigenvalue weighted by Crippen LogP contribution is 2.36. The molecule has 1 aliphatic rings. The van der Waals surface area contributed by atoms with E-state index in [1.54, 1.807) is 24.5 Å². The van der Waals surface area contributed by atoms with Gasteiger partial charge < -0.3 is 5.11 Å². The van der Waals surface area contributed by atoms with Crippen LogP contribution in [0.3, 0.4) is 0 Å². The van der Waals surface area contributed by atoms with E-state index >= 15 is 0 Å². The van der Waals surface area contributed by atoms with Crippen molar-refractivity contribution < 1.29 is 9.90 Å². The molecule has 1 unspecified atom stereocenters.